The van der Waals surface area contributed by atoms with Gasteiger partial charge in [0.05, 0.1) is 14.6 Å². The van der Waals surface area contributed by atoms with E-state index in [1.807, 2.05) is 79.4 Å². The molecular weight excluding hydrogens is 1170 g/mol. The predicted molar refractivity (Wildman–Crippen MR) is 308 cm³/mol. The van der Waals surface area contributed by atoms with Gasteiger partial charge >= 0.3 is 0 Å². The predicted octanol–water partition coefficient (Wildman–Crippen LogP) is 22.1. The summed E-state index contributed by atoms with van der Waals surface area (Å²) in [5.41, 5.74) is 4.21. The Kier molecular flexibility index (Phi) is 22.3. The van der Waals surface area contributed by atoms with Crippen molar-refractivity contribution in [2.45, 2.75) is 128 Å². The zero-order chi connectivity index (χ0) is 43.6. The van der Waals surface area contributed by atoms with E-state index in [0.717, 1.165) is 21.3 Å². The zero-order valence-electron chi connectivity index (χ0n) is 36.3. The van der Waals surface area contributed by atoms with Crippen molar-refractivity contribution in [3.05, 3.63) is 91.6 Å². The molecule has 7 rings (SSSR count). The minimum atomic E-state index is 1.11. The van der Waals surface area contributed by atoms with E-state index < -0.39 is 0 Å². The minimum Gasteiger partial charge on any atom is -0.142 e. The van der Waals surface area contributed by atoms with Crippen molar-refractivity contribution in [2.75, 3.05) is 21.3 Å². The first-order chi connectivity index (χ1) is 31.1. The van der Waals surface area contributed by atoms with Gasteiger partial charge in [0.25, 0.3) is 0 Å². The van der Waals surface area contributed by atoms with Crippen LogP contribution >= 0.6 is 143 Å². The highest BCUT2D eigenvalue weighted by atomic mass is 79.9. The van der Waals surface area contributed by atoms with Crippen molar-refractivity contribution >= 4 is 143 Å². The summed E-state index contributed by atoms with van der Waals surface area (Å²) in [6.45, 7) is 0. The van der Waals surface area contributed by atoms with Crippen LogP contribution in [0.15, 0.2) is 72.1 Å². The number of thiophene rings is 7. The maximum atomic E-state index is 3.61. The molecule has 0 saturated carbocycles. The largest absolute Gasteiger partial charge is 0.142 e. The monoisotopic (exact) mass is 1220 g/mol. The molecule has 7 aromatic rings. The molecule has 0 amide bonds. The topological polar surface area (TPSA) is 0 Å². The number of rotatable bonds is 30. The number of aryl methyl sites for hydroxylation is 4. The molecule has 0 fully saturated rings. The molecule has 7 heterocycles. The standard InChI is InChI=1S/C52H60Br4S7/c53-30-13-5-1-9-17-37-21-25-44(58-37)42-35-48(62-51(42)46-27-23-39(60-46)19-11-3-7-15-32-55)41-29-34-57-50(41)49-36-43(45-26-22-38(59-45)18-10-2-6-14-31-54)52(63-49)47-28-24-40(61-47)20-12-4-8-16-33-56/h21-29,34-36H,1-20,30-33H2. The van der Waals surface area contributed by atoms with Gasteiger partial charge < -0.3 is 0 Å². The van der Waals surface area contributed by atoms with Gasteiger partial charge in [0.2, 0.25) is 0 Å². The Balaban J connectivity index is 1.20. The van der Waals surface area contributed by atoms with Crippen LogP contribution in [0, 0.1) is 0 Å². The zero-order valence-corrected chi connectivity index (χ0v) is 48.3. The highest BCUT2D eigenvalue weighted by Gasteiger charge is 2.23. The summed E-state index contributed by atoms with van der Waals surface area (Å²) in [7, 11) is 0. The molecule has 0 aliphatic heterocycles. The Hall–Kier alpha value is -0.180. The van der Waals surface area contributed by atoms with Crippen molar-refractivity contribution in [3.63, 3.8) is 0 Å². The Bertz CT molecular complexity index is 2060. The van der Waals surface area contributed by atoms with E-state index in [2.05, 4.69) is 136 Å². The minimum absolute atomic E-state index is 1.11. The first-order valence-corrected chi connectivity index (χ1v) is 33.3. The molecule has 0 aliphatic carbocycles. The van der Waals surface area contributed by atoms with Crippen molar-refractivity contribution < 1.29 is 0 Å². The van der Waals surface area contributed by atoms with Crippen LogP contribution in [0.2, 0.25) is 0 Å². The first-order valence-electron chi connectivity index (χ1n) is 23.0. The fourth-order valence-electron chi connectivity index (χ4n) is 8.02. The van der Waals surface area contributed by atoms with Gasteiger partial charge in [-0.15, -0.1) is 79.4 Å². The number of hydrogen-bond donors (Lipinski definition) is 0. The molecular formula is C52H60Br4S7. The van der Waals surface area contributed by atoms with E-state index in [-0.39, 0.29) is 0 Å². The van der Waals surface area contributed by atoms with Crippen LogP contribution in [0.1, 0.15) is 122 Å². The fourth-order valence-corrected chi connectivity index (χ4v) is 17.7. The van der Waals surface area contributed by atoms with Gasteiger partial charge in [-0.2, -0.15) is 0 Å². The molecule has 0 atom stereocenters. The maximum absolute atomic E-state index is 3.61. The average molecular weight is 1230 g/mol. The number of unbranched alkanes of at least 4 members (excludes halogenated alkanes) is 12. The molecule has 11 heteroatoms. The number of hydrogen-bond acceptors (Lipinski definition) is 7. The van der Waals surface area contributed by atoms with Gasteiger partial charge in [0.1, 0.15) is 0 Å². The average Bonchev–Trinajstić information content (AvgIpc) is 4.15. The normalized spacial score (nSPS) is 11.7. The van der Waals surface area contributed by atoms with Gasteiger partial charge in [0, 0.05) is 86.8 Å². The summed E-state index contributed by atoms with van der Waals surface area (Å²) in [6.07, 6.45) is 25.4. The van der Waals surface area contributed by atoms with E-state index >= 15 is 0 Å². The van der Waals surface area contributed by atoms with Gasteiger partial charge in [-0.05, 0) is 149 Å². The lowest BCUT2D eigenvalue weighted by Gasteiger charge is -2.00. The second kappa shape index (κ2) is 27.7. The van der Waals surface area contributed by atoms with E-state index in [1.54, 1.807) is 0 Å². The molecule has 0 saturated heterocycles. The molecule has 0 nitrogen and oxygen atoms in total. The molecule has 0 unspecified atom stereocenters. The Morgan fingerprint density at radius 2 is 0.635 bits per heavy atom. The Morgan fingerprint density at radius 3 is 1.05 bits per heavy atom. The number of alkyl halides is 4. The van der Waals surface area contributed by atoms with E-state index in [9.17, 15) is 0 Å². The van der Waals surface area contributed by atoms with Crippen molar-refractivity contribution in [3.8, 4) is 60.6 Å². The summed E-state index contributed by atoms with van der Waals surface area (Å²) >= 11 is 28.5. The molecule has 338 valence electrons. The second-order valence-electron chi connectivity index (χ2n) is 16.3. The summed E-state index contributed by atoms with van der Waals surface area (Å²) in [4.78, 5) is 18.8. The third kappa shape index (κ3) is 14.9. The lowest BCUT2D eigenvalue weighted by atomic mass is 10.1. The molecule has 0 radical (unpaired) electrons. The number of halogens is 4. The Labute approximate surface area is 439 Å². The highest BCUT2D eigenvalue weighted by molar-refractivity contribution is 9.09. The summed E-state index contributed by atoms with van der Waals surface area (Å²) in [6, 6.07) is 26.8. The third-order valence-electron chi connectivity index (χ3n) is 11.5. The maximum Gasteiger partial charge on any atom is 0.0536 e. The molecule has 0 spiro atoms. The highest BCUT2D eigenvalue weighted by Crippen LogP contribution is 2.53. The molecule has 0 aromatic carbocycles. The van der Waals surface area contributed by atoms with Gasteiger partial charge in [0.15, 0.2) is 0 Å². The van der Waals surface area contributed by atoms with E-state index in [4.69, 9.17) is 0 Å². The fraction of sp³-hybridized carbons (Fsp3) is 0.462. The lowest BCUT2D eigenvalue weighted by molar-refractivity contribution is 0.675. The molecule has 0 bridgehead atoms. The molecule has 0 aliphatic rings. The molecule has 7 aromatic heterocycles. The van der Waals surface area contributed by atoms with Crippen LogP contribution in [0.25, 0.3) is 60.6 Å². The lowest BCUT2D eigenvalue weighted by Crippen LogP contribution is -1.82. The second-order valence-corrected chi connectivity index (χ2v) is 27.2. The van der Waals surface area contributed by atoms with E-state index in [0.29, 0.717) is 0 Å². The SMILES string of the molecule is BrCCCCCCc1ccc(-c2cc(-c3ccsc3-c3cc(-c4ccc(CCCCCCBr)s4)c(-c4ccc(CCCCCCBr)s4)s3)sc2-c2ccc(CCCCCCBr)s2)s1. The quantitative estimate of drug-likeness (QED) is 0.0311. The smallest absolute Gasteiger partial charge is 0.0536 e. The van der Waals surface area contributed by atoms with Gasteiger partial charge in [-0.25, -0.2) is 0 Å². The van der Waals surface area contributed by atoms with Crippen molar-refractivity contribution in [1.29, 1.82) is 0 Å². The van der Waals surface area contributed by atoms with E-state index in [1.165, 1.54) is 209 Å². The molecule has 0 N–H and O–H groups in total. The third-order valence-corrected chi connectivity index (χ3v) is 22.1. The summed E-state index contributed by atoms with van der Waals surface area (Å²) in [5, 5.41) is 6.79. The van der Waals surface area contributed by atoms with Crippen LogP contribution < -0.4 is 0 Å². The Morgan fingerprint density at radius 1 is 0.286 bits per heavy atom. The molecule has 63 heavy (non-hydrogen) atoms. The summed E-state index contributed by atoms with van der Waals surface area (Å²) in [5.74, 6) is 0. The van der Waals surface area contributed by atoms with Crippen LogP contribution in [0.4, 0.5) is 0 Å². The van der Waals surface area contributed by atoms with Crippen molar-refractivity contribution in [1.82, 2.24) is 0 Å². The van der Waals surface area contributed by atoms with Crippen LogP contribution in [0.5, 0.6) is 0 Å². The van der Waals surface area contributed by atoms with Gasteiger partial charge in [-0.3, -0.25) is 0 Å². The summed E-state index contributed by atoms with van der Waals surface area (Å²) < 4.78 is 0. The van der Waals surface area contributed by atoms with Crippen LogP contribution in [-0.4, -0.2) is 21.3 Å². The van der Waals surface area contributed by atoms with Crippen molar-refractivity contribution in [2.24, 2.45) is 0 Å². The first kappa shape index (κ1) is 50.7. The van der Waals surface area contributed by atoms with Crippen LogP contribution in [0.3, 0.4) is 0 Å². The van der Waals surface area contributed by atoms with Crippen LogP contribution in [-0.2, 0) is 25.7 Å². The van der Waals surface area contributed by atoms with Gasteiger partial charge in [-0.1, -0.05) is 115 Å².